The third-order valence-electron chi connectivity index (χ3n) is 3.07. The van der Waals surface area contributed by atoms with E-state index in [1.807, 2.05) is 30.3 Å². The lowest BCUT2D eigenvalue weighted by atomic mass is 10.3. The molecule has 2 rings (SSSR count). The van der Waals surface area contributed by atoms with Gasteiger partial charge in [-0.05, 0) is 23.8 Å². The van der Waals surface area contributed by atoms with Crippen LogP contribution in [-0.2, 0) is 22.7 Å². The number of aromatic nitrogens is 2. The van der Waals surface area contributed by atoms with Crippen molar-refractivity contribution in [2.75, 3.05) is 6.54 Å². The average Bonchev–Trinajstić information content (AvgIpc) is 2.54. The minimum Gasteiger partial charge on any atom is -0.350 e. The van der Waals surface area contributed by atoms with Gasteiger partial charge in [-0.3, -0.25) is 19.6 Å². The van der Waals surface area contributed by atoms with Gasteiger partial charge < -0.3 is 10.2 Å². The van der Waals surface area contributed by atoms with Crippen LogP contribution in [-0.4, -0.2) is 33.2 Å². The maximum Gasteiger partial charge on any atom is 0.239 e. The van der Waals surface area contributed by atoms with Crippen LogP contribution in [0.4, 0.5) is 0 Å². The van der Waals surface area contributed by atoms with E-state index in [2.05, 4.69) is 15.3 Å². The second-order valence-electron chi connectivity index (χ2n) is 4.83. The molecular weight excluding hydrogens is 280 g/mol. The van der Waals surface area contributed by atoms with E-state index in [9.17, 15) is 9.59 Å². The quantitative estimate of drug-likeness (QED) is 0.868. The molecule has 6 nitrogen and oxygen atoms in total. The molecule has 0 fully saturated rings. The van der Waals surface area contributed by atoms with Crippen molar-refractivity contribution in [3.8, 4) is 0 Å². The summed E-state index contributed by atoms with van der Waals surface area (Å²) in [6.45, 7) is 2.15. The smallest absolute Gasteiger partial charge is 0.239 e. The van der Waals surface area contributed by atoms with Crippen LogP contribution in [0.2, 0.25) is 0 Å². The van der Waals surface area contributed by atoms with Gasteiger partial charge in [0.25, 0.3) is 0 Å². The summed E-state index contributed by atoms with van der Waals surface area (Å²) in [6.07, 6.45) is 5.03. The maximum atomic E-state index is 12.0. The van der Waals surface area contributed by atoms with E-state index >= 15 is 0 Å². The van der Waals surface area contributed by atoms with Crippen molar-refractivity contribution in [1.82, 2.24) is 20.2 Å². The van der Waals surface area contributed by atoms with Crippen LogP contribution in [0.5, 0.6) is 0 Å². The van der Waals surface area contributed by atoms with Crippen LogP contribution >= 0.6 is 0 Å². The predicted octanol–water partition coefficient (Wildman–Crippen LogP) is 1.14. The Bertz CT molecular complexity index is 617. The van der Waals surface area contributed by atoms with Crippen LogP contribution in [0.15, 0.2) is 48.9 Å². The highest BCUT2D eigenvalue weighted by Gasteiger charge is 2.14. The highest BCUT2D eigenvalue weighted by molar-refractivity contribution is 5.83. The van der Waals surface area contributed by atoms with Gasteiger partial charge in [0.05, 0.1) is 18.8 Å². The standard InChI is InChI=1S/C16H18N4O2/c1-13(21)20(11-15-6-2-3-8-18-15)12-16(22)19-10-14-5-4-7-17-9-14/h2-9H,10-12H2,1H3,(H,19,22). The minimum atomic E-state index is -0.213. The highest BCUT2D eigenvalue weighted by Crippen LogP contribution is 2.02. The van der Waals surface area contributed by atoms with E-state index in [1.165, 1.54) is 11.8 Å². The molecule has 2 aromatic rings. The fraction of sp³-hybridized carbons (Fsp3) is 0.250. The molecule has 0 aliphatic heterocycles. The first-order valence-electron chi connectivity index (χ1n) is 6.96. The summed E-state index contributed by atoms with van der Waals surface area (Å²) >= 11 is 0. The predicted molar refractivity (Wildman–Crippen MR) is 81.4 cm³/mol. The Labute approximate surface area is 129 Å². The van der Waals surface area contributed by atoms with E-state index in [-0.39, 0.29) is 18.4 Å². The zero-order chi connectivity index (χ0) is 15.8. The molecule has 0 aliphatic carbocycles. The molecule has 0 radical (unpaired) electrons. The van der Waals surface area contributed by atoms with E-state index < -0.39 is 0 Å². The molecule has 1 N–H and O–H groups in total. The first-order chi connectivity index (χ1) is 10.6. The Balaban J connectivity index is 1.88. The Morgan fingerprint density at radius 1 is 1.18 bits per heavy atom. The Morgan fingerprint density at radius 2 is 2.05 bits per heavy atom. The van der Waals surface area contributed by atoms with Crippen LogP contribution in [0.1, 0.15) is 18.2 Å². The molecule has 0 atom stereocenters. The molecule has 0 bridgehead atoms. The molecular formula is C16H18N4O2. The van der Waals surface area contributed by atoms with Crippen molar-refractivity contribution < 1.29 is 9.59 Å². The van der Waals surface area contributed by atoms with Crippen LogP contribution in [0.3, 0.4) is 0 Å². The summed E-state index contributed by atoms with van der Waals surface area (Å²) in [6, 6.07) is 9.17. The van der Waals surface area contributed by atoms with Crippen molar-refractivity contribution in [3.63, 3.8) is 0 Å². The summed E-state index contributed by atoms with van der Waals surface area (Å²) in [5.41, 5.74) is 1.66. The van der Waals surface area contributed by atoms with Crippen LogP contribution in [0, 0.1) is 0 Å². The lowest BCUT2D eigenvalue weighted by Gasteiger charge is -2.20. The SMILES string of the molecule is CC(=O)N(CC(=O)NCc1cccnc1)Cc1ccccn1. The molecule has 2 aromatic heterocycles. The number of amides is 2. The van der Waals surface area contributed by atoms with Crippen LogP contribution < -0.4 is 5.32 Å². The van der Waals surface area contributed by atoms with E-state index in [0.717, 1.165) is 11.3 Å². The van der Waals surface area contributed by atoms with Crippen molar-refractivity contribution in [1.29, 1.82) is 0 Å². The first-order valence-corrected chi connectivity index (χ1v) is 6.96. The molecule has 0 aliphatic rings. The number of rotatable bonds is 6. The van der Waals surface area contributed by atoms with Gasteiger partial charge in [0.1, 0.15) is 0 Å². The molecule has 22 heavy (non-hydrogen) atoms. The number of carbonyl (C=O) groups is 2. The fourth-order valence-electron chi connectivity index (χ4n) is 1.90. The van der Waals surface area contributed by atoms with Gasteiger partial charge in [0.2, 0.25) is 11.8 Å². The molecule has 0 aromatic carbocycles. The lowest BCUT2D eigenvalue weighted by molar-refractivity contribution is -0.135. The molecule has 6 heteroatoms. The van der Waals surface area contributed by atoms with Gasteiger partial charge in [0, 0.05) is 32.1 Å². The average molecular weight is 298 g/mol. The number of pyridine rings is 2. The largest absolute Gasteiger partial charge is 0.350 e. The number of carbonyl (C=O) groups excluding carboxylic acids is 2. The third kappa shape index (κ3) is 4.97. The summed E-state index contributed by atoms with van der Waals surface area (Å²) in [5, 5.41) is 2.78. The monoisotopic (exact) mass is 298 g/mol. The van der Waals surface area contributed by atoms with Gasteiger partial charge in [0.15, 0.2) is 0 Å². The zero-order valence-electron chi connectivity index (χ0n) is 12.4. The molecule has 0 spiro atoms. The molecule has 114 valence electrons. The van der Waals surface area contributed by atoms with Gasteiger partial charge in [-0.15, -0.1) is 0 Å². The number of hydrogen-bond acceptors (Lipinski definition) is 4. The van der Waals surface area contributed by atoms with Crippen molar-refractivity contribution in [3.05, 3.63) is 60.2 Å². The topological polar surface area (TPSA) is 75.2 Å². The van der Waals surface area contributed by atoms with Crippen molar-refractivity contribution in [2.24, 2.45) is 0 Å². The highest BCUT2D eigenvalue weighted by atomic mass is 16.2. The Kier molecular flexibility index (Phi) is 5.59. The summed E-state index contributed by atoms with van der Waals surface area (Å²) in [7, 11) is 0. The van der Waals surface area contributed by atoms with Gasteiger partial charge in [-0.2, -0.15) is 0 Å². The van der Waals surface area contributed by atoms with E-state index in [4.69, 9.17) is 0 Å². The number of nitrogens with one attached hydrogen (secondary N) is 1. The third-order valence-corrected chi connectivity index (χ3v) is 3.07. The molecule has 2 heterocycles. The van der Waals surface area contributed by atoms with Crippen molar-refractivity contribution in [2.45, 2.75) is 20.0 Å². The van der Waals surface area contributed by atoms with Gasteiger partial charge >= 0.3 is 0 Å². The molecule has 0 saturated carbocycles. The van der Waals surface area contributed by atoms with Gasteiger partial charge in [-0.25, -0.2) is 0 Å². The Hall–Kier alpha value is -2.76. The number of nitrogens with zero attached hydrogens (tertiary/aromatic N) is 3. The summed E-state index contributed by atoms with van der Waals surface area (Å²) in [5.74, 6) is -0.378. The zero-order valence-corrected chi connectivity index (χ0v) is 12.4. The minimum absolute atomic E-state index is 0.00612. The normalized spacial score (nSPS) is 10.0. The second-order valence-corrected chi connectivity index (χ2v) is 4.83. The lowest BCUT2D eigenvalue weighted by Crippen LogP contribution is -2.39. The maximum absolute atomic E-state index is 12.0. The van der Waals surface area contributed by atoms with Crippen LogP contribution in [0.25, 0.3) is 0 Å². The molecule has 0 unspecified atom stereocenters. The molecule has 0 saturated heterocycles. The fourth-order valence-corrected chi connectivity index (χ4v) is 1.90. The first kappa shape index (κ1) is 15.6. The second kappa shape index (κ2) is 7.87. The van der Waals surface area contributed by atoms with Gasteiger partial charge in [-0.1, -0.05) is 12.1 Å². The molecule has 2 amide bonds. The van der Waals surface area contributed by atoms with Crippen molar-refractivity contribution >= 4 is 11.8 Å². The number of hydrogen-bond donors (Lipinski definition) is 1. The van der Waals surface area contributed by atoms with E-state index in [1.54, 1.807) is 18.6 Å². The summed E-state index contributed by atoms with van der Waals surface area (Å²) in [4.78, 5) is 33.3. The van der Waals surface area contributed by atoms with E-state index in [0.29, 0.717) is 13.1 Å². The summed E-state index contributed by atoms with van der Waals surface area (Å²) < 4.78 is 0. The Morgan fingerprint density at radius 3 is 2.68 bits per heavy atom.